The Kier molecular flexibility index (Phi) is 4.19. The SMILES string of the molecule is COc1ccc(C(=O)Nc2cccc3c2CCN3S(C)(=O)=O)cc1. The van der Waals surface area contributed by atoms with Crippen molar-refractivity contribution in [1.82, 2.24) is 0 Å². The lowest BCUT2D eigenvalue weighted by Crippen LogP contribution is -2.27. The van der Waals surface area contributed by atoms with Crippen molar-refractivity contribution in [1.29, 1.82) is 0 Å². The molecule has 2 aromatic carbocycles. The van der Waals surface area contributed by atoms with E-state index in [4.69, 9.17) is 4.74 Å². The van der Waals surface area contributed by atoms with E-state index in [-0.39, 0.29) is 5.91 Å². The third kappa shape index (κ3) is 3.07. The minimum Gasteiger partial charge on any atom is -0.497 e. The molecule has 3 rings (SSSR count). The van der Waals surface area contributed by atoms with Crippen molar-refractivity contribution < 1.29 is 17.9 Å². The fraction of sp³-hybridized carbons (Fsp3) is 0.235. The van der Waals surface area contributed by atoms with Crippen LogP contribution in [0.3, 0.4) is 0 Å². The Labute approximate surface area is 141 Å². The van der Waals surface area contributed by atoms with Gasteiger partial charge in [0.25, 0.3) is 5.91 Å². The average molecular weight is 346 g/mol. The molecule has 2 aromatic rings. The van der Waals surface area contributed by atoms with Gasteiger partial charge < -0.3 is 10.1 Å². The van der Waals surface area contributed by atoms with E-state index in [0.29, 0.717) is 35.7 Å². The summed E-state index contributed by atoms with van der Waals surface area (Å²) in [6, 6.07) is 12.1. The molecule has 1 heterocycles. The fourth-order valence-corrected chi connectivity index (χ4v) is 3.75. The second-order valence-electron chi connectivity index (χ2n) is 5.57. The van der Waals surface area contributed by atoms with Crippen molar-refractivity contribution in [3.05, 3.63) is 53.6 Å². The second kappa shape index (κ2) is 6.16. The molecule has 0 fully saturated rings. The molecule has 0 bridgehead atoms. The number of hydrogen-bond donors (Lipinski definition) is 1. The first-order valence-electron chi connectivity index (χ1n) is 7.45. The molecule has 0 spiro atoms. The molecule has 1 N–H and O–H groups in total. The highest BCUT2D eigenvalue weighted by Crippen LogP contribution is 2.35. The van der Waals surface area contributed by atoms with Gasteiger partial charge in [-0.15, -0.1) is 0 Å². The van der Waals surface area contributed by atoms with Crippen molar-refractivity contribution in [3.8, 4) is 5.75 Å². The predicted molar refractivity (Wildman–Crippen MR) is 93.3 cm³/mol. The van der Waals surface area contributed by atoms with Crippen LogP contribution in [0.5, 0.6) is 5.75 Å². The molecule has 0 aliphatic carbocycles. The van der Waals surface area contributed by atoms with Gasteiger partial charge in [-0.2, -0.15) is 0 Å². The molecule has 0 saturated heterocycles. The van der Waals surface area contributed by atoms with Gasteiger partial charge in [-0.1, -0.05) is 6.07 Å². The first kappa shape index (κ1) is 16.3. The topological polar surface area (TPSA) is 75.7 Å². The van der Waals surface area contributed by atoms with Crippen molar-refractivity contribution >= 4 is 27.3 Å². The van der Waals surface area contributed by atoms with Crippen LogP contribution in [0.25, 0.3) is 0 Å². The lowest BCUT2D eigenvalue weighted by Gasteiger charge is -2.17. The maximum Gasteiger partial charge on any atom is 0.255 e. The van der Waals surface area contributed by atoms with E-state index < -0.39 is 10.0 Å². The highest BCUT2D eigenvalue weighted by Gasteiger charge is 2.28. The van der Waals surface area contributed by atoms with Crippen molar-refractivity contribution in [2.75, 3.05) is 29.5 Å². The summed E-state index contributed by atoms with van der Waals surface area (Å²) in [5.41, 5.74) is 2.61. The smallest absolute Gasteiger partial charge is 0.255 e. The zero-order valence-corrected chi connectivity index (χ0v) is 14.3. The van der Waals surface area contributed by atoms with Gasteiger partial charge in [-0.3, -0.25) is 9.10 Å². The minimum absolute atomic E-state index is 0.246. The maximum atomic E-state index is 12.4. The third-order valence-corrected chi connectivity index (χ3v) is 5.17. The molecule has 24 heavy (non-hydrogen) atoms. The minimum atomic E-state index is -3.31. The first-order chi connectivity index (χ1) is 11.4. The van der Waals surface area contributed by atoms with E-state index in [1.807, 2.05) is 0 Å². The number of fused-ring (bicyclic) bond motifs is 1. The van der Waals surface area contributed by atoms with Crippen LogP contribution in [0, 0.1) is 0 Å². The van der Waals surface area contributed by atoms with E-state index in [1.54, 1.807) is 49.6 Å². The molecule has 0 unspecified atom stereocenters. The Hall–Kier alpha value is -2.54. The number of hydrogen-bond acceptors (Lipinski definition) is 4. The van der Waals surface area contributed by atoms with Crippen LogP contribution < -0.4 is 14.4 Å². The highest BCUT2D eigenvalue weighted by atomic mass is 32.2. The summed E-state index contributed by atoms with van der Waals surface area (Å²) in [7, 11) is -1.75. The summed E-state index contributed by atoms with van der Waals surface area (Å²) in [5.74, 6) is 0.430. The number of ether oxygens (including phenoxy) is 1. The third-order valence-electron chi connectivity index (χ3n) is 3.99. The van der Waals surface area contributed by atoms with Crippen LogP contribution >= 0.6 is 0 Å². The predicted octanol–water partition coefficient (Wildman–Crippen LogP) is 2.27. The molecule has 0 aromatic heterocycles. The van der Waals surface area contributed by atoms with E-state index in [9.17, 15) is 13.2 Å². The number of methoxy groups -OCH3 is 1. The largest absolute Gasteiger partial charge is 0.497 e. The molecule has 0 saturated carbocycles. The molecule has 1 aliphatic rings. The second-order valence-corrected chi connectivity index (χ2v) is 7.48. The normalized spacial score (nSPS) is 13.5. The lowest BCUT2D eigenvalue weighted by atomic mass is 10.1. The Balaban J connectivity index is 1.86. The number of rotatable bonds is 4. The summed E-state index contributed by atoms with van der Waals surface area (Å²) >= 11 is 0. The number of benzene rings is 2. The van der Waals surface area contributed by atoms with Gasteiger partial charge in [0.1, 0.15) is 5.75 Å². The van der Waals surface area contributed by atoms with Gasteiger partial charge >= 0.3 is 0 Å². The summed E-state index contributed by atoms with van der Waals surface area (Å²) in [6.07, 6.45) is 1.76. The van der Waals surface area contributed by atoms with Crippen LogP contribution in [-0.2, 0) is 16.4 Å². The zero-order chi connectivity index (χ0) is 17.3. The lowest BCUT2D eigenvalue weighted by molar-refractivity contribution is 0.102. The van der Waals surface area contributed by atoms with Crippen LogP contribution in [0.2, 0.25) is 0 Å². The Morgan fingerprint density at radius 2 is 1.88 bits per heavy atom. The molecule has 1 amide bonds. The fourth-order valence-electron chi connectivity index (χ4n) is 2.80. The summed E-state index contributed by atoms with van der Waals surface area (Å²) in [6.45, 7) is 0.392. The van der Waals surface area contributed by atoms with E-state index >= 15 is 0 Å². The van der Waals surface area contributed by atoms with Crippen LogP contribution in [-0.4, -0.2) is 34.2 Å². The van der Waals surface area contributed by atoms with Gasteiger partial charge in [0, 0.05) is 23.4 Å². The molecular weight excluding hydrogens is 328 g/mol. The Morgan fingerprint density at radius 1 is 1.17 bits per heavy atom. The summed E-state index contributed by atoms with van der Waals surface area (Å²) in [4.78, 5) is 12.4. The molecule has 0 radical (unpaired) electrons. The van der Waals surface area contributed by atoms with E-state index in [2.05, 4.69) is 5.32 Å². The van der Waals surface area contributed by atoms with Crippen LogP contribution in [0.1, 0.15) is 15.9 Å². The molecule has 0 atom stereocenters. The highest BCUT2D eigenvalue weighted by molar-refractivity contribution is 7.92. The number of nitrogens with one attached hydrogen (secondary N) is 1. The van der Waals surface area contributed by atoms with Gasteiger partial charge in [-0.25, -0.2) is 8.42 Å². The van der Waals surface area contributed by atoms with Crippen molar-refractivity contribution in [2.24, 2.45) is 0 Å². The number of anilines is 2. The zero-order valence-electron chi connectivity index (χ0n) is 13.4. The molecule has 7 heteroatoms. The van der Waals surface area contributed by atoms with Crippen LogP contribution in [0.4, 0.5) is 11.4 Å². The number of amides is 1. The van der Waals surface area contributed by atoms with Gasteiger partial charge in [0.05, 0.1) is 19.1 Å². The maximum absolute atomic E-state index is 12.4. The Morgan fingerprint density at radius 3 is 2.50 bits per heavy atom. The standard InChI is InChI=1S/C17H18N2O4S/c1-23-13-8-6-12(7-9-13)17(20)18-15-4-3-5-16-14(15)10-11-19(16)24(2,21)22/h3-9H,10-11H2,1-2H3,(H,18,20). The molecule has 126 valence electrons. The van der Waals surface area contributed by atoms with Gasteiger partial charge in [-0.05, 0) is 42.8 Å². The van der Waals surface area contributed by atoms with E-state index in [0.717, 1.165) is 5.56 Å². The first-order valence-corrected chi connectivity index (χ1v) is 9.30. The van der Waals surface area contributed by atoms with Crippen molar-refractivity contribution in [3.63, 3.8) is 0 Å². The Bertz CT molecular complexity index is 876. The number of sulfonamides is 1. The summed E-state index contributed by atoms with van der Waals surface area (Å²) in [5, 5.41) is 2.87. The summed E-state index contributed by atoms with van der Waals surface area (Å²) < 4.78 is 30.1. The molecule has 1 aliphatic heterocycles. The monoisotopic (exact) mass is 346 g/mol. The van der Waals surface area contributed by atoms with Crippen LogP contribution in [0.15, 0.2) is 42.5 Å². The quantitative estimate of drug-likeness (QED) is 0.921. The number of nitrogens with zero attached hydrogens (tertiary/aromatic N) is 1. The average Bonchev–Trinajstić information content (AvgIpc) is 3.00. The van der Waals surface area contributed by atoms with E-state index in [1.165, 1.54) is 10.6 Å². The number of carbonyl (C=O) groups is 1. The van der Waals surface area contributed by atoms with Crippen molar-refractivity contribution in [2.45, 2.75) is 6.42 Å². The molecule has 6 nitrogen and oxygen atoms in total. The number of carbonyl (C=O) groups excluding carboxylic acids is 1. The van der Waals surface area contributed by atoms with Gasteiger partial charge in [0.2, 0.25) is 10.0 Å². The molecular formula is C17H18N2O4S. The van der Waals surface area contributed by atoms with Gasteiger partial charge in [0.15, 0.2) is 0 Å².